The highest BCUT2D eigenvalue weighted by atomic mass is 15.2. The first-order valence-corrected chi connectivity index (χ1v) is 6.25. The molecule has 0 N–H and O–H groups in total. The number of piperidine rings is 1. The van der Waals surface area contributed by atoms with Gasteiger partial charge in [0, 0.05) is 12.1 Å². The fraction of sp³-hybridized carbons (Fsp3) is 0.467. The van der Waals surface area contributed by atoms with E-state index in [9.17, 15) is 5.26 Å². The number of nitrogens with zero attached hydrogens (tertiary/aromatic N) is 3. The molecule has 1 aliphatic rings. The van der Waals surface area contributed by atoms with E-state index in [-0.39, 0.29) is 11.5 Å². The summed E-state index contributed by atoms with van der Waals surface area (Å²) in [4.78, 5) is 2.21. The Morgan fingerprint density at radius 3 is 2.67 bits per heavy atom. The quantitative estimate of drug-likeness (QED) is 0.756. The van der Waals surface area contributed by atoms with E-state index in [0.717, 1.165) is 18.5 Å². The molecule has 1 aliphatic heterocycles. The van der Waals surface area contributed by atoms with Crippen molar-refractivity contribution in [2.24, 2.45) is 5.92 Å². The molecule has 18 heavy (non-hydrogen) atoms. The van der Waals surface area contributed by atoms with E-state index < -0.39 is 0 Å². The number of hydrogen-bond donors (Lipinski definition) is 0. The van der Waals surface area contributed by atoms with Gasteiger partial charge in [0.05, 0.1) is 23.2 Å². The van der Waals surface area contributed by atoms with Gasteiger partial charge in [0.15, 0.2) is 0 Å². The Morgan fingerprint density at radius 2 is 2.00 bits per heavy atom. The van der Waals surface area contributed by atoms with Crippen molar-refractivity contribution in [2.75, 3.05) is 11.4 Å². The second-order valence-electron chi connectivity index (χ2n) is 5.42. The molecule has 1 saturated heterocycles. The zero-order chi connectivity index (χ0) is 13.2. The average molecular weight is 239 g/mol. The SMILES string of the molecule is CC1(C)CCC(C#N)CN1c1ccccc1C#N. The van der Waals surface area contributed by atoms with Crippen molar-refractivity contribution >= 4 is 5.69 Å². The second kappa shape index (κ2) is 4.70. The van der Waals surface area contributed by atoms with E-state index in [2.05, 4.69) is 30.9 Å². The molecule has 92 valence electrons. The number of para-hydroxylation sites is 1. The van der Waals surface area contributed by atoms with Crippen LogP contribution in [0.4, 0.5) is 5.69 Å². The number of anilines is 1. The van der Waals surface area contributed by atoms with E-state index >= 15 is 0 Å². The summed E-state index contributed by atoms with van der Waals surface area (Å²) < 4.78 is 0. The summed E-state index contributed by atoms with van der Waals surface area (Å²) in [5.74, 6) is 0.0600. The molecular formula is C15H17N3. The monoisotopic (exact) mass is 239 g/mol. The maximum Gasteiger partial charge on any atom is 0.101 e. The van der Waals surface area contributed by atoms with Crippen LogP contribution in [0.2, 0.25) is 0 Å². The standard InChI is InChI=1S/C15H17N3/c1-15(2)8-7-12(9-16)11-18(15)14-6-4-3-5-13(14)10-17/h3-6,12H,7-8,11H2,1-2H3. The minimum atomic E-state index is 0.000301. The molecule has 0 bridgehead atoms. The van der Waals surface area contributed by atoms with Gasteiger partial charge in [-0.3, -0.25) is 0 Å². The first-order valence-electron chi connectivity index (χ1n) is 6.25. The van der Waals surface area contributed by atoms with Gasteiger partial charge < -0.3 is 4.90 Å². The molecule has 3 nitrogen and oxygen atoms in total. The summed E-state index contributed by atoms with van der Waals surface area (Å²) in [6, 6.07) is 12.2. The lowest BCUT2D eigenvalue weighted by Crippen LogP contribution is -2.50. The van der Waals surface area contributed by atoms with Crippen molar-refractivity contribution in [1.29, 1.82) is 10.5 Å². The predicted molar refractivity (Wildman–Crippen MR) is 70.9 cm³/mol. The van der Waals surface area contributed by atoms with Crippen LogP contribution in [-0.2, 0) is 0 Å². The van der Waals surface area contributed by atoms with Crippen molar-refractivity contribution in [3.63, 3.8) is 0 Å². The van der Waals surface area contributed by atoms with Gasteiger partial charge in [-0.15, -0.1) is 0 Å². The molecule has 1 aromatic carbocycles. The molecule has 0 spiro atoms. The normalized spacial score (nSPS) is 22.0. The van der Waals surface area contributed by atoms with Gasteiger partial charge in [0.1, 0.15) is 6.07 Å². The van der Waals surface area contributed by atoms with Crippen LogP contribution in [0.5, 0.6) is 0 Å². The predicted octanol–water partition coefficient (Wildman–Crippen LogP) is 3.08. The maximum absolute atomic E-state index is 9.20. The van der Waals surface area contributed by atoms with Crippen LogP contribution in [0.3, 0.4) is 0 Å². The molecule has 0 saturated carbocycles. The summed E-state index contributed by atoms with van der Waals surface area (Å²) in [5, 5.41) is 18.3. The first-order chi connectivity index (χ1) is 8.58. The lowest BCUT2D eigenvalue weighted by molar-refractivity contribution is 0.325. The molecule has 0 aromatic heterocycles. The van der Waals surface area contributed by atoms with Crippen molar-refractivity contribution in [1.82, 2.24) is 0 Å². The van der Waals surface area contributed by atoms with Crippen LogP contribution in [0.1, 0.15) is 32.3 Å². The topological polar surface area (TPSA) is 50.8 Å². The Morgan fingerprint density at radius 1 is 1.28 bits per heavy atom. The van der Waals surface area contributed by atoms with Crippen molar-refractivity contribution in [3.8, 4) is 12.1 Å². The summed E-state index contributed by atoms with van der Waals surface area (Å²) in [5.41, 5.74) is 1.63. The third kappa shape index (κ3) is 2.17. The number of hydrogen-bond acceptors (Lipinski definition) is 3. The largest absolute Gasteiger partial charge is 0.364 e. The highest BCUT2D eigenvalue weighted by molar-refractivity contribution is 5.61. The van der Waals surface area contributed by atoms with Gasteiger partial charge in [-0.25, -0.2) is 0 Å². The van der Waals surface area contributed by atoms with Crippen LogP contribution in [-0.4, -0.2) is 12.1 Å². The Hall–Kier alpha value is -2.00. The fourth-order valence-corrected chi connectivity index (χ4v) is 2.55. The lowest BCUT2D eigenvalue weighted by atomic mass is 9.84. The molecule has 3 heteroatoms. The number of benzene rings is 1. The molecule has 1 atom stereocenters. The molecule has 2 rings (SSSR count). The Labute approximate surface area is 108 Å². The Kier molecular flexibility index (Phi) is 3.26. The molecule has 1 heterocycles. The summed E-state index contributed by atoms with van der Waals surface area (Å²) in [7, 11) is 0. The van der Waals surface area contributed by atoms with Crippen molar-refractivity contribution in [3.05, 3.63) is 29.8 Å². The van der Waals surface area contributed by atoms with Gasteiger partial charge in [0.25, 0.3) is 0 Å². The molecule has 1 fully saturated rings. The Balaban J connectivity index is 2.41. The second-order valence-corrected chi connectivity index (χ2v) is 5.42. The summed E-state index contributed by atoms with van der Waals surface area (Å²) in [6.45, 7) is 5.06. The molecular weight excluding hydrogens is 222 g/mol. The van der Waals surface area contributed by atoms with E-state index in [1.807, 2.05) is 24.3 Å². The highest BCUT2D eigenvalue weighted by Crippen LogP contribution is 2.36. The van der Waals surface area contributed by atoms with E-state index in [1.54, 1.807) is 0 Å². The zero-order valence-electron chi connectivity index (χ0n) is 10.8. The smallest absolute Gasteiger partial charge is 0.101 e. The first kappa shape index (κ1) is 12.5. The fourth-order valence-electron chi connectivity index (χ4n) is 2.55. The van der Waals surface area contributed by atoms with Crippen LogP contribution < -0.4 is 4.90 Å². The molecule has 0 aliphatic carbocycles. The molecule has 1 aromatic rings. The average Bonchev–Trinajstić information content (AvgIpc) is 2.38. The third-order valence-electron chi connectivity index (χ3n) is 3.74. The minimum absolute atomic E-state index is 0.000301. The molecule has 0 radical (unpaired) electrons. The van der Waals surface area contributed by atoms with Gasteiger partial charge in [-0.05, 0) is 38.8 Å². The molecule has 0 amide bonds. The van der Waals surface area contributed by atoms with Gasteiger partial charge in [-0.1, -0.05) is 12.1 Å². The Bertz CT molecular complexity index is 519. The van der Waals surface area contributed by atoms with Gasteiger partial charge >= 0.3 is 0 Å². The lowest BCUT2D eigenvalue weighted by Gasteiger charge is -2.46. The zero-order valence-corrected chi connectivity index (χ0v) is 10.8. The third-order valence-corrected chi connectivity index (χ3v) is 3.74. The summed E-state index contributed by atoms with van der Waals surface area (Å²) in [6.07, 6.45) is 1.92. The minimum Gasteiger partial charge on any atom is -0.364 e. The van der Waals surface area contributed by atoms with Gasteiger partial charge in [-0.2, -0.15) is 10.5 Å². The maximum atomic E-state index is 9.20. The van der Waals surface area contributed by atoms with Crippen LogP contribution >= 0.6 is 0 Å². The number of rotatable bonds is 1. The van der Waals surface area contributed by atoms with E-state index in [1.165, 1.54) is 0 Å². The van der Waals surface area contributed by atoms with Gasteiger partial charge in [0.2, 0.25) is 0 Å². The van der Waals surface area contributed by atoms with E-state index in [0.29, 0.717) is 12.1 Å². The number of nitriles is 2. The van der Waals surface area contributed by atoms with Crippen LogP contribution in [0.15, 0.2) is 24.3 Å². The van der Waals surface area contributed by atoms with Crippen molar-refractivity contribution in [2.45, 2.75) is 32.2 Å². The van der Waals surface area contributed by atoms with Crippen LogP contribution in [0, 0.1) is 28.6 Å². The van der Waals surface area contributed by atoms with E-state index in [4.69, 9.17) is 5.26 Å². The summed E-state index contributed by atoms with van der Waals surface area (Å²) >= 11 is 0. The van der Waals surface area contributed by atoms with Crippen molar-refractivity contribution < 1.29 is 0 Å². The highest BCUT2D eigenvalue weighted by Gasteiger charge is 2.35. The molecule has 1 unspecified atom stereocenters. The van der Waals surface area contributed by atoms with Crippen LogP contribution in [0.25, 0.3) is 0 Å².